The fourth-order valence-electron chi connectivity index (χ4n) is 4.22. The quantitative estimate of drug-likeness (QED) is 0.437. The Morgan fingerprint density at radius 1 is 0.903 bits per heavy atom. The Morgan fingerprint density at radius 3 is 1.94 bits per heavy atom. The maximum atomic E-state index is 13.1. The van der Waals surface area contributed by atoms with E-state index in [4.69, 9.17) is 4.74 Å². The van der Waals surface area contributed by atoms with E-state index in [9.17, 15) is 25.2 Å². The Balaban J connectivity index is 2.04. The molecular formula is C23H28O6S2. The van der Waals surface area contributed by atoms with Gasteiger partial charge >= 0.3 is 0 Å². The van der Waals surface area contributed by atoms with Crippen molar-refractivity contribution >= 4 is 29.3 Å². The van der Waals surface area contributed by atoms with Crippen LogP contribution in [0.15, 0.2) is 60.7 Å². The third kappa shape index (κ3) is 4.06. The second-order valence-electron chi connectivity index (χ2n) is 7.70. The minimum absolute atomic E-state index is 0.149. The predicted octanol–water partition coefficient (Wildman–Crippen LogP) is 1.63. The van der Waals surface area contributed by atoms with Gasteiger partial charge in [-0.3, -0.25) is 4.79 Å². The van der Waals surface area contributed by atoms with Crippen molar-refractivity contribution < 1.29 is 30.0 Å². The van der Waals surface area contributed by atoms with Gasteiger partial charge in [0, 0.05) is 6.42 Å². The highest BCUT2D eigenvalue weighted by Crippen LogP contribution is 2.55. The standard InChI is InChI=1S/C23H28O6S2/c1-30-23(31-2)20(26)18(24)19(25)21(27,13-16-9-5-3-6-10-16)22(23,28)15-29-14-17-11-7-4-8-12-17/h3-12,18-19,24-25,27-28H,13-15H2,1-2H3. The van der Waals surface area contributed by atoms with Crippen LogP contribution in [0.5, 0.6) is 0 Å². The van der Waals surface area contributed by atoms with Crippen LogP contribution >= 0.6 is 23.5 Å². The van der Waals surface area contributed by atoms with Crippen molar-refractivity contribution in [2.45, 2.75) is 40.5 Å². The Morgan fingerprint density at radius 2 is 1.42 bits per heavy atom. The van der Waals surface area contributed by atoms with E-state index >= 15 is 0 Å². The van der Waals surface area contributed by atoms with Crippen LogP contribution in [0.1, 0.15) is 11.1 Å². The highest BCUT2D eigenvalue weighted by Gasteiger charge is 2.74. The molecule has 0 aromatic heterocycles. The van der Waals surface area contributed by atoms with Crippen LogP contribution in [0.3, 0.4) is 0 Å². The Bertz CT molecular complexity index is 876. The first-order valence-electron chi connectivity index (χ1n) is 9.87. The van der Waals surface area contributed by atoms with Crippen molar-refractivity contribution in [1.82, 2.24) is 0 Å². The van der Waals surface area contributed by atoms with Crippen molar-refractivity contribution in [1.29, 1.82) is 0 Å². The number of ether oxygens (including phenoxy) is 1. The van der Waals surface area contributed by atoms with Crippen molar-refractivity contribution in [2.24, 2.45) is 0 Å². The summed E-state index contributed by atoms with van der Waals surface area (Å²) in [7, 11) is 0. The monoisotopic (exact) mass is 464 g/mol. The molecule has 3 rings (SSSR count). The lowest BCUT2D eigenvalue weighted by Gasteiger charge is -2.58. The number of benzene rings is 2. The largest absolute Gasteiger partial charge is 0.387 e. The molecule has 2 aromatic rings. The van der Waals surface area contributed by atoms with Crippen LogP contribution in [0.4, 0.5) is 0 Å². The molecule has 6 nitrogen and oxygen atoms in total. The van der Waals surface area contributed by atoms with Gasteiger partial charge in [-0.15, -0.1) is 23.5 Å². The van der Waals surface area contributed by atoms with Gasteiger partial charge < -0.3 is 25.2 Å². The van der Waals surface area contributed by atoms with Crippen LogP contribution in [0.25, 0.3) is 0 Å². The van der Waals surface area contributed by atoms with Crippen LogP contribution < -0.4 is 0 Å². The van der Waals surface area contributed by atoms with E-state index < -0.39 is 39.9 Å². The first kappa shape index (κ1) is 24.3. The molecule has 4 atom stereocenters. The Labute approximate surface area is 190 Å². The minimum atomic E-state index is -2.25. The van der Waals surface area contributed by atoms with E-state index in [1.54, 1.807) is 36.8 Å². The van der Waals surface area contributed by atoms with Gasteiger partial charge in [0.25, 0.3) is 0 Å². The summed E-state index contributed by atoms with van der Waals surface area (Å²) in [5.41, 5.74) is -2.94. The van der Waals surface area contributed by atoms with Gasteiger partial charge in [0.2, 0.25) is 0 Å². The number of aliphatic hydroxyl groups excluding tert-OH is 2. The van der Waals surface area contributed by atoms with Crippen molar-refractivity contribution in [3.8, 4) is 0 Å². The van der Waals surface area contributed by atoms with Gasteiger partial charge in [-0.25, -0.2) is 0 Å². The number of thioether (sulfide) groups is 2. The first-order chi connectivity index (χ1) is 14.8. The van der Waals surface area contributed by atoms with Gasteiger partial charge in [0.15, 0.2) is 15.5 Å². The molecule has 0 saturated heterocycles. The molecule has 0 aliphatic heterocycles. The van der Waals surface area contributed by atoms with Gasteiger partial charge in [0.1, 0.15) is 17.8 Å². The summed E-state index contributed by atoms with van der Waals surface area (Å²) < 4.78 is 4.16. The lowest BCUT2D eigenvalue weighted by Crippen LogP contribution is -2.81. The summed E-state index contributed by atoms with van der Waals surface area (Å²) in [6, 6.07) is 18.2. The SMILES string of the molecule is CSC1(SC)C(=O)C(O)C(O)C(O)(Cc2ccccc2)C1(O)COCc1ccccc1. The zero-order chi connectivity index (χ0) is 22.7. The number of ketones is 1. The lowest BCUT2D eigenvalue weighted by molar-refractivity contribution is -0.256. The summed E-state index contributed by atoms with van der Waals surface area (Å²) in [5.74, 6) is -0.747. The molecule has 0 amide bonds. The predicted molar refractivity (Wildman–Crippen MR) is 123 cm³/mol. The molecule has 0 spiro atoms. The van der Waals surface area contributed by atoms with E-state index in [0.717, 1.165) is 29.1 Å². The molecule has 1 saturated carbocycles. The Kier molecular flexibility index (Phi) is 7.53. The topological polar surface area (TPSA) is 107 Å². The third-order valence-electron chi connectivity index (χ3n) is 5.96. The highest BCUT2D eigenvalue weighted by atomic mass is 32.2. The number of carbonyl (C=O) groups excluding carboxylic acids is 1. The van der Waals surface area contributed by atoms with Crippen LogP contribution in [0, 0.1) is 0 Å². The van der Waals surface area contributed by atoms with Gasteiger partial charge in [-0.05, 0) is 23.6 Å². The Hall–Kier alpha value is -1.39. The summed E-state index contributed by atoms with van der Waals surface area (Å²) >= 11 is 2.05. The second-order valence-corrected chi connectivity index (χ2v) is 10.0. The van der Waals surface area contributed by atoms with E-state index in [1.807, 2.05) is 36.4 Å². The average molecular weight is 465 g/mol. The molecule has 1 fully saturated rings. The number of rotatable bonds is 8. The third-order valence-corrected chi connectivity index (χ3v) is 9.18. The number of carbonyl (C=O) groups is 1. The average Bonchev–Trinajstić information content (AvgIpc) is 2.79. The number of Topliss-reactive ketones (excluding diaryl/α,β-unsaturated/α-hetero) is 1. The van der Waals surface area contributed by atoms with Crippen LogP contribution in [-0.2, 0) is 22.6 Å². The molecule has 0 bridgehead atoms. The normalized spacial score (nSPS) is 30.3. The van der Waals surface area contributed by atoms with Gasteiger partial charge in [-0.2, -0.15) is 0 Å². The molecule has 0 radical (unpaired) electrons. The summed E-state index contributed by atoms with van der Waals surface area (Å²) in [5, 5.41) is 45.2. The molecule has 0 heterocycles. The maximum Gasteiger partial charge on any atom is 0.193 e. The van der Waals surface area contributed by atoms with Crippen molar-refractivity contribution in [2.75, 3.05) is 19.1 Å². The molecule has 4 N–H and O–H groups in total. The number of aliphatic hydroxyl groups is 4. The molecule has 31 heavy (non-hydrogen) atoms. The molecule has 1 aliphatic carbocycles. The van der Waals surface area contributed by atoms with Crippen molar-refractivity contribution in [3.63, 3.8) is 0 Å². The molecular weight excluding hydrogens is 436 g/mol. The molecule has 1 aliphatic rings. The van der Waals surface area contributed by atoms with E-state index in [2.05, 4.69) is 0 Å². The molecule has 8 heteroatoms. The zero-order valence-electron chi connectivity index (χ0n) is 17.5. The van der Waals surface area contributed by atoms with Crippen LogP contribution in [-0.4, -0.2) is 72.8 Å². The molecule has 2 aromatic carbocycles. The van der Waals surface area contributed by atoms with Gasteiger partial charge in [-0.1, -0.05) is 60.7 Å². The van der Waals surface area contributed by atoms with Gasteiger partial charge in [0.05, 0.1) is 13.2 Å². The summed E-state index contributed by atoms with van der Waals surface area (Å²) in [6.07, 6.45) is -0.651. The number of hydrogen-bond donors (Lipinski definition) is 4. The van der Waals surface area contributed by atoms with Crippen molar-refractivity contribution in [3.05, 3.63) is 71.8 Å². The summed E-state index contributed by atoms with van der Waals surface area (Å²) in [6.45, 7) is -0.265. The lowest BCUT2D eigenvalue weighted by atomic mass is 9.65. The smallest absolute Gasteiger partial charge is 0.193 e. The second kappa shape index (κ2) is 9.62. The summed E-state index contributed by atoms with van der Waals surface area (Å²) in [4.78, 5) is 13.1. The number of hydrogen-bond acceptors (Lipinski definition) is 8. The first-order valence-corrected chi connectivity index (χ1v) is 12.3. The van der Waals surface area contributed by atoms with Crippen LogP contribution in [0.2, 0.25) is 0 Å². The zero-order valence-corrected chi connectivity index (χ0v) is 19.1. The van der Waals surface area contributed by atoms with E-state index in [0.29, 0.717) is 5.56 Å². The molecule has 168 valence electrons. The van der Waals surface area contributed by atoms with E-state index in [1.165, 1.54) is 0 Å². The van der Waals surface area contributed by atoms with E-state index in [-0.39, 0.29) is 13.0 Å². The minimum Gasteiger partial charge on any atom is -0.387 e. The molecule has 4 unspecified atom stereocenters. The fraction of sp³-hybridized carbons (Fsp3) is 0.435. The highest BCUT2D eigenvalue weighted by molar-refractivity contribution is 8.19. The fourth-order valence-corrected chi connectivity index (χ4v) is 6.68. The maximum absolute atomic E-state index is 13.1.